The van der Waals surface area contributed by atoms with E-state index in [1.54, 1.807) is 0 Å². The number of hydrogen-bond donors (Lipinski definition) is 0. The number of fused-ring (bicyclic) bond motifs is 2. The molecule has 0 spiro atoms. The van der Waals surface area contributed by atoms with Crippen LogP contribution in [0, 0.1) is 17.3 Å². The molecule has 0 aromatic heterocycles. The minimum atomic E-state index is -0.360. The van der Waals surface area contributed by atoms with Crippen molar-refractivity contribution in [1.82, 2.24) is 0 Å². The molecular formula is C16H24O4. The molecule has 0 N–H and O–H groups in total. The second kappa shape index (κ2) is 4.20. The van der Waals surface area contributed by atoms with Gasteiger partial charge >= 0.3 is 5.97 Å². The Morgan fingerprint density at radius 3 is 2.45 bits per heavy atom. The molecule has 0 aromatic carbocycles. The van der Waals surface area contributed by atoms with E-state index >= 15 is 0 Å². The molecule has 0 aromatic rings. The number of ether oxygens (including phenoxy) is 3. The Morgan fingerprint density at radius 1 is 1.05 bits per heavy atom. The third-order valence-electron chi connectivity index (χ3n) is 5.69. The number of carbonyl (C=O) groups excluding carboxylic acids is 1. The van der Waals surface area contributed by atoms with Crippen molar-refractivity contribution < 1.29 is 19.0 Å². The normalized spacial score (nSPS) is 56.5. The summed E-state index contributed by atoms with van der Waals surface area (Å²) in [6, 6.07) is 0. The molecule has 0 radical (unpaired) electrons. The minimum Gasteiger partial charge on any atom is -0.462 e. The summed E-state index contributed by atoms with van der Waals surface area (Å²) in [6.07, 6.45) is 5.04. The summed E-state index contributed by atoms with van der Waals surface area (Å²) in [5, 5.41) is 0. The Balaban J connectivity index is 1.39. The molecule has 4 fully saturated rings. The van der Waals surface area contributed by atoms with Crippen molar-refractivity contribution in [2.45, 2.75) is 77.0 Å². The van der Waals surface area contributed by atoms with Gasteiger partial charge in [0.05, 0.1) is 29.8 Å². The van der Waals surface area contributed by atoms with Crippen LogP contribution in [0.1, 0.15) is 46.5 Å². The highest BCUT2D eigenvalue weighted by atomic mass is 16.6. The molecule has 0 amide bonds. The summed E-state index contributed by atoms with van der Waals surface area (Å²) in [7, 11) is 0. The maximum absolute atomic E-state index is 12.6. The Hall–Kier alpha value is -0.610. The van der Waals surface area contributed by atoms with Crippen LogP contribution >= 0.6 is 0 Å². The fourth-order valence-corrected chi connectivity index (χ4v) is 4.48. The van der Waals surface area contributed by atoms with E-state index in [2.05, 4.69) is 13.8 Å². The lowest BCUT2D eigenvalue weighted by molar-refractivity contribution is -0.164. The van der Waals surface area contributed by atoms with Crippen LogP contribution in [-0.2, 0) is 19.0 Å². The van der Waals surface area contributed by atoms with Crippen molar-refractivity contribution in [3.63, 3.8) is 0 Å². The van der Waals surface area contributed by atoms with Crippen LogP contribution in [0.25, 0.3) is 0 Å². The SMILES string of the molecule is CC1CC(OC(=O)C2(C)CC(C)C3OC3C2)CC2OC12. The lowest BCUT2D eigenvalue weighted by atomic mass is 9.71. The van der Waals surface area contributed by atoms with E-state index in [4.69, 9.17) is 14.2 Å². The van der Waals surface area contributed by atoms with Crippen LogP contribution in [0.3, 0.4) is 0 Å². The second-order valence-corrected chi connectivity index (χ2v) is 7.70. The van der Waals surface area contributed by atoms with Gasteiger partial charge < -0.3 is 14.2 Å². The number of carbonyl (C=O) groups is 1. The molecule has 2 aliphatic carbocycles. The van der Waals surface area contributed by atoms with Crippen LogP contribution < -0.4 is 0 Å². The standard InChI is InChI=1S/C16H24O4/c1-8-4-10(5-11-13(8)19-11)18-15(17)16(3)6-9(2)14-12(7-16)20-14/h8-14H,4-7H2,1-3H3. The van der Waals surface area contributed by atoms with Gasteiger partial charge in [-0.05, 0) is 38.0 Å². The lowest BCUT2D eigenvalue weighted by Gasteiger charge is -2.34. The van der Waals surface area contributed by atoms with Gasteiger partial charge in [0.15, 0.2) is 0 Å². The number of esters is 1. The maximum atomic E-state index is 12.6. The molecule has 112 valence electrons. The molecule has 2 aliphatic heterocycles. The van der Waals surface area contributed by atoms with E-state index < -0.39 is 0 Å². The van der Waals surface area contributed by atoms with Gasteiger partial charge in [-0.25, -0.2) is 0 Å². The van der Waals surface area contributed by atoms with E-state index in [0.717, 1.165) is 25.7 Å². The van der Waals surface area contributed by atoms with Gasteiger partial charge in [-0.3, -0.25) is 4.79 Å². The summed E-state index contributed by atoms with van der Waals surface area (Å²) in [5.74, 6) is 0.961. The molecule has 2 heterocycles. The Labute approximate surface area is 120 Å². The highest BCUT2D eigenvalue weighted by Gasteiger charge is 2.56. The predicted molar refractivity (Wildman–Crippen MR) is 72.1 cm³/mol. The molecular weight excluding hydrogens is 256 g/mol. The maximum Gasteiger partial charge on any atom is 0.312 e. The first-order chi connectivity index (χ1) is 9.46. The third kappa shape index (κ3) is 2.08. The molecule has 4 aliphatic rings. The zero-order chi connectivity index (χ0) is 14.1. The Kier molecular flexibility index (Phi) is 2.75. The molecule has 8 atom stereocenters. The highest BCUT2D eigenvalue weighted by molar-refractivity contribution is 5.77. The van der Waals surface area contributed by atoms with E-state index in [9.17, 15) is 4.79 Å². The zero-order valence-electron chi connectivity index (χ0n) is 12.5. The first-order valence-electron chi connectivity index (χ1n) is 7.98. The molecule has 4 heteroatoms. The summed E-state index contributed by atoms with van der Waals surface area (Å²) in [4.78, 5) is 12.6. The number of rotatable bonds is 2. The van der Waals surface area contributed by atoms with Crippen molar-refractivity contribution in [1.29, 1.82) is 0 Å². The summed E-state index contributed by atoms with van der Waals surface area (Å²) in [6.45, 7) is 6.42. The Bertz CT molecular complexity index is 436. The van der Waals surface area contributed by atoms with Gasteiger partial charge in [-0.15, -0.1) is 0 Å². The van der Waals surface area contributed by atoms with Gasteiger partial charge in [0.1, 0.15) is 6.10 Å². The van der Waals surface area contributed by atoms with E-state index in [0.29, 0.717) is 30.1 Å². The van der Waals surface area contributed by atoms with Crippen molar-refractivity contribution in [3.8, 4) is 0 Å². The fourth-order valence-electron chi connectivity index (χ4n) is 4.48. The summed E-state index contributed by atoms with van der Waals surface area (Å²) in [5.41, 5.74) is -0.360. The summed E-state index contributed by atoms with van der Waals surface area (Å²) < 4.78 is 17.1. The van der Waals surface area contributed by atoms with Crippen molar-refractivity contribution in [3.05, 3.63) is 0 Å². The van der Waals surface area contributed by atoms with Crippen molar-refractivity contribution in [2.75, 3.05) is 0 Å². The van der Waals surface area contributed by atoms with Crippen molar-refractivity contribution in [2.24, 2.45) is 17.3 Å². The first-order valence-corrected chi connectivity index (χ1v) is 7.98. The Morgan fingerprint density at radius 2 is 1.75 bits per heavy atom. The average Bonchev–Trinajstić information content (AvgIpc) is 3.21. The second-order valence-electron chi connectivity index (χ2n) is 7.70. The molecule has 2 saturated carbocycles. The third-order valence-corrected chi connectivity index (χ3v) is 5.69. The smallest absolute Gasteiger partial charge is 0.312 e. The monoisotopic (exact) mass is 280 g/mol. The summed E-state index contributed by atoms with van der Waals surface area (Å²) >= 11 is 0. The largest absolute Gasteiger partial charge is 0.462 e. The van der Waals surface area contributed by atoms with E-state index in [-0.39, 0.29) is 23.6 Å². The van der Waals surface area contributed by atoms with E-state index in [1.807, 2.05) is 6.92 Å². The first kappa shape index (κ1) is 13.1. The van der Waals surface area contributed by atoms with Crippen LogP contribution in [0.15, 0.2) is 0 Å². The number of epoxide rings is 2. The lowest BCUT2D eigenvalue weighted by Crippen LogP contribution is -2.41. The van der Waals surface area contributed by atoms with Gasteiger partial charge in [-0.2, -0.15) is 0 Å². The molecule has 4 nitrogen and oxygen atoms in total. The quantitative estimate of drug-likeness (QED) is 0.575. The van der Waals surface area contributed by atoms with E-state index in [1.165, 1.54) is 0 Å². The van der Waals surface area contributed by atoms with Gasteiger partial charge in [0, 0.05) is 6.42 Å². The molecule has 8 unspecified atom stereocenters. The zero-order valence-corrected chi connectivity index (χ0v) is 12.5. The topological polar surface area (TPSA) is 51.4 Å². The minimum absolute atomic E-state index is 0.0189. The number of hydrogen-bond acceptors (Lipinski definition) is 4. The van der Waals surface area contributed by atoms with Crippen LogP contribution in [-0.4, -0.2) is 36.5 Å². The van der Waals surface area contributed by atoms with Crippen LogP contribution in [0.4, 0.5) is 0 Å². The van der Waals surface area contributed by atoms with Gasteiger partial charge in [-0.1, -0.05) is 13.8 Å². The molecule has 2 saturated heterocycles. The van der Waals surface area contributed by atoms with Crippen LogP contribution in [0.5, 0.6) is 0 Å². The molecule has 0 bridgehead atoms. The molecule has 20 heavy (non-hydrogen) atoms. The van der Waals surface area contributed by atoms with Gasteiger partial charge in [0.2, 0.25) is 0 Å². The van der Waals surface area contributed by atoms with Crippen molar-refractivity contribution >= 4 is 5.97 Å². The predicted octanol–water partition coefficient (Wildman–Crippen LogP) is 2.30. The van der Waals surface area contributed by atoms with Gasteiger partial charge in [0.25, 0.3) is 0 Å². The average molecular weight is 280 g/mol. The highest BCUT2D eigenvalue weighted by Crippen LogP contribution is 2.50. The fraction of sp³-hybridized carbons (Fsp3) is 0.938. The molecule has 4 rings (SSSR count). The van der Waals surface area contributed by atoms with Crippen LogP contribution in [0.2, 0.25) is 0 Å².